The number of benzene rings is 1. The third-order valence-corrected chi connectivity index (χ3v) is 5.42. The van der Waals surface area contributed by atoms with Gasteiger partial charge in [-0.1, -0.05) is 38.1 Å². The van der Waals surface area contributed by atoms with Crippen molar-refractivity contribution in [2.75, 3.05) is 13.1 Å². The van der Waals surface area contributed by atoms with E-state index in [4.69, 9.17) is 0 Å². The molecule has 0 spiro atoms. The second-order valence-corrected chi connectivity index (χ2v) is 8.18. The van der Waals surface area contributed by atoms with Crippen LogP contribution >= 0.6 is 0 Å². The van der Waals surface area contributed by atoms with E-state index in [1.165, 1.54) is 24.2 Å². The van der Waals surface area contributed by atoms with Crippen LogP contribution in [0.1, 0.15) is 47.4 Å². The van der Waals surface area contributed by atoms with Gasteiger partial charge in [0, 0.05) is 32.2 Å². The molecule has 2 aromatic rings. The summed E-state index contributed by atoms with van der Waals surface area (Å²) in [5, 5.41) is 13.9. The Kier molecular flexibility index (Phi) is 6.59. The molecule has 1 amide bonds. The van der Waals surface area contributed by atoms with Crippen LogP contribution in [0, 0.1) is 28.9 Å². The standard InChI is InChI=1S/C22H28N4O3/c1-15-8-16(2)13-25(12-15)14-19-7-5-4-6-18(19)10-24-22(27)21-9-20(26(28)29)11-23-17(21)3/h4-7,9,11,15-16H,8,10,12-14H2,1-3H3,(H,24,27). The first kappa shape index (κ1) is 20.9. The van der Waals surface area contributed by atoms with Crippen LogP contribution in [0.25, 0.3) is 0 Å². The van der Waals surface area contributed by atoms with E-state index < -0.39 is 4.92 Å². The first-order chi connectivity index (χ1) is 13.8. The van der Waals surface area contributed by atoms with Gasteiger partial charge in [-0.05, 0) is 36.3 Å². The maximum Gasteiger partial charge on any atom is 0.288 e. The summed E-state index contributed by atoms with van der Waals surface area (Å²) in [7, 11) is 0. The summed E-state index contributed by atoms with van der Waals surface area (Å²) in [5.41, 5.74) is 2.77. The number of pyridine rings is 1. The number of amides is 1. The quantitative estimate of drug-likeness (QED) is 0.594. The van der Waals surface area contributed by atoms with Gasteiger partial charge in [-0.15, -0.1) is 0 Å². The Morgan fingerprint density at radius 3 is 2.55 bits per heavy atom. The number of carbonyl (C=O) groups is 1. The highest BCUT2D eigenvalue weighted by atomic mass is 16.6. The van der Waals surface area contributed by atoms with E-state index >= 15 is 0 Å². The van der Waals surface area contributed by atoms with E-state index in [0.29, 0.717) is 24.1 Å². The van der Waals surface area contributed by atoms with Crippen LogP contribution in [-0.2, 0) is 13.1 Å². The Labute approximate surface area is 171 Å². The van der Waals surface area contributed by atoms with Gasteiger partial charge in [-0.25, -0.2) is 0 Å². The molecule has 3 rings (SSSR count). The Bertz CT molecular complexity index is 889. The molecule has 1 aliphatic heterocycles. The Morgan fingerprint density at radius 2 is 1.90 bits per heavy atom. The first-order valence-electron chi connectivity index (χ1n) is 10.0. The van der Waals surface area contributed by atoms with Gasteiger partial charge in [0.05, 0.1) is 16.2 Å². The fraction of sp³-hybridized carbons (Fsp3) is 0.455. The van der Waals surface area contributed by atoms with Crippen molar-refractivity contribution >= 4 is 11.6 Å². The zero-order chi connectivity index (χ0) is 21.0. The molecule has 7 nitrogen and oxygen atoms in total. The third kappa shape index (κ3) is 5.38. The molecule has 7 heteroatoms. The zero-order valence-electron chi connectivity index (χ0n) is 17.2. The van der Waals surface area contributed by atoms with Crippen LogP contribution in [0.15, 0.2) is 36.5 Å². The molecule has 2 unspecified atom stereocenters. The highest BCUT2D eigenvalue weighted by Gasteiger charge is 2.22. The Balaban J connectivity index is 1.69. The van der Waals surface area contributed by atoms with Gasteiger partial charge < -0.3 is 5.32 Å². The number of piperidine rings is 1. The maximum atomic E-state index is 12.6. The van der Waals surface area contributed by atoms with Gasteiger partial charge >= 0.3 is 0 Å². The predicted octanol–water partition coefficient (Wildman–Crippen LogP) is 3.71. The number of nitrogens with one attached hydrogen (secondary N) is 1. The first-order valence-corrected chi connectivity index (χ1v) is 10.0. The van der Waals surface area contributed by atoms with Crippen LogP contribution in [-0.4, -0.2) is 33.8 Å². The molecule has 1 aliphatic rings. The largest absolute Gasteiger partial charge is 0.348 e. The average molecular weight is 396 g/mol. The molecule has 29 heavy (non-hydrogen) atoms. The Hall–Kier alpha value is -2.80. The van der Waals surface area contributed by atoms with E-state index in [2.05, 4.69) is 35.1 Å². The van der Waals surface area contributed by atoms with Gasteiger partial charge in [0.25, 0.3) is 11.6 Å². The normalized spacial score (nSPS) is 19.7. The summed E-state index contributed by atoms with van der Waals surface area (Å²) in [5.74, 6) is 1.03. The molecule has 0 radical (unpaired) electrons. The molecule has 1 N–H and O–H groups in total. The van der Waals surface area contributed by atoms with Crippen molar-refractivity contribution in [3.63, 3.8) is 0 Å². The van der Waals surface area contributed by atoms with E-state index in [-0.39, 0.29) is 17.2 Å². The Morgan fingerprint density at radius 1 is 1.24 bits per heavy atom. The van der Waals surface area contributed by atoms with Crippen molar-refractivity contribution in [2.24, 2.45) is 11.8 Å². The highest BCUT2D eigenvalue weighted by molar-refractivity contribution is 5.95. The van der Waals surface area contributed by atoms with E-state index in [9.17, 15) is 14.9 Å². The number of rotatable bonds is 6. The fourth-order valence-electron chi connectivity index (χ4n) is 4.17. The summed E-state index contributed by atoms with van der Waals surface area (Å²) in [6, 6.07) is 9.38. The fourth-order valence-corrected chi connectivity index (χ4v) is 4.17. The smallest absolute Gasteiger partial charge is 0.288 e. The lowest BCUT2D eigenvalue weighted by Gasteiger charge is -2.35. The van der Waals surface area contributed by atoms with Gasteiger partial charge in [0.15, 0.2) is 0 Å². The van der Waals surface area contributed by atoms with Crippen LogP contribution < -0.4 is 5.32 Å². The van der Waals surface area contributed by atoms with Crippen LogP contribution in [0.5, 0.6) is 0 Å². The molecule has 1 aromatic heterocycles. The second kappa shape index (κ2) is 9.13. The number of hydrogen-bond donors (Lipinski definition) is 1. The summed E-state index contributed by atoms with van der Waals surface area (Å²) in [6.45, 7) is 9.67. The molecular formula is C22H28N4O3. The minimum Gasteiger partial charge on any atom is -0.348 e. The lowest BCUT2D eigenvalue weighted by atomic mass is 9.91. The molecule has 2 atom stereocenters. The number of aromatic nitrogens is 1. The number of aryl methyl sites for hydroxylation is 1. The number of likely N-dealkylation sites (tertiary alicyclic amines) is 1. The number of hydrogen-bond acceptors (Lipinski definition) is 5. The molecule has 0 aliphatic carbocycles. The van der Waals surface area contributed by atoms with Crippen LogP contribution in [0.3, 0.4) is 0 Å². The van der Waals surface area contributed by atoms with E-state index in [0.717, 1.165) is 25.2 Å². The van der Waals surface area contributed by atoms with Crippen LogP contribution in [0.4, 0.5) is 5.69 Å². The number of nitrogens with zero attached hydrogens (tertiary/aromatic N) is 3. The summed E-state index contributed by atoms with van der Waals surface area (Å²) in [6.07, 6.45) is 2.44. The zero-order valence-corrected chi connectivity index (χ0v) is 17.2. The van der Waals surface area contributed by atoms with Crippen molar-refractivity contribution in [3.05, 3.63) is 69.0 Å². The van der Waals surface area contributed by atoms with Crippen molar-refractivity contribution in [3.8, 4) is 0 Å². The molecule has 2 heterocycles. The minimum absolute atomic E-state index is 0.186. The molecule has 154 valence electrons. The lowest BCUT2D eigenvalue weighted by molar-refractivity contribution is -0.385. The monoisotopic (exact) mass is 396 g/mol. The number of carbonyl (C=O) groups excluding carboxylic acids is 1. The van der Waals surface area contributed by atoms with Crippen LogP contribution in [0.2, 0.25) is 0 Å². The SMILES string of the molecule is Cc1ncc([N+](=O)[O-])cc1C(=O)NCc1ccccc1CN1CC(C)CC(C)C1. The summed E-state index contributed by atoms with van der Waals surface area (Å²) in [4.78, 5) is 29.5. The van der Waals surface area contributed by atoms with Gasteiger partial charge in [0.2, 0.25) is 0 Å². The van der Waals surface area contributed by atoms with Crippen molar-refractivity contribution in [2.45, 2.75) is 40.3 Å². The van der Waals surface area contributed by atoms with Crippen molar-refractivity contribution in [1.82, 2.24) is 15.2 Å². The van der Waals surface area contributed by atoms with E-state index in [1.54, 1.807) is 6.92 Å². The van der Waals surface area contributed by atoms with E-state index in [1.807, 2.05) is 18.2 Å². The predicted molar refractivity (Wildman–Crippen MR) is 111 cm³/mol. The van der Waals surface area contributed by atoms with Gasteiger partial charge in [-0.3, -0.25) is 24.8 Å². The van der Waals surface area contributed by atoms with Crippen molar-refractivity contribution in [1.29, 1.82) is 0 Å². The molecule has 1 fully saturated rings. The molecule has 1 saturated heterocycles. The highest BCUT2D eigenvalue weighted by Crippen LogP contribution is 2.23. The summed E-state index contributed by atoms with van der Waals surface area (Å²) >= 11 is 0. The minimum atomic E-state index is -0.543. The summed E-state index contributed by atoms with van der Waals surface area (Å²) < 4.78 is 0. The number of nitro groups is 1. The average Bonchev–Trinajstić information content (AvgIpc) is 2.66. The molecule has 0 saturated carbocycles. The molecular weight excluding hydrogens is 368 g/mol. The lowest BCUT2D eigenvalue weighted by Crippen LogP contribution is -2.38. The van der Waals surface area contributed by atoms with Gasteiger partial charge in [-0.2, -0.15) is 0 Å². The molecule has 1 aromatic carbocycles. The topological polar surface area (TPSA) is 88.4 Å². The second-order valence-electron chi connectivity index (χ2n) is 8.18. The molecule has 0 bridgehead atoms. The van der Waals surface area contributed by atoms with Gasteiger partial charge in [0.1, 0.15) is 6.20 Å². The maximum absolute atomic E-state index is 12.6. The van der Waals surface area contributed by atoms with Crippen molar-refractivity contribution < 1.29 is 9.72 Å². The third-order valence-electron chi connectivity index (χ3n) is 5.42.